The Bertz CT molecular complexity index is 244. The maximum atomic E-state index is 10.6. The van der Waals surface area contributed by atoms with E-state index < -0.39 is 10.2 Å². The van der Waals surface area contributed by atoms with E-state index >= 15 is 0 Å². The van der Waals surface area contributed by atoms with Crippen LogP contribution in [0, 0.1) is 5.41 Å². The summed E-state index contributed by atoms with van der Waals surface area (Å²) in [6.07, 6.45) is 0.982. The summed E-state index contributed by atoms with van der Waals surface area (Å²) in [6, 6.07) is 0. The lowest BCUT2D eigenvalue weighted by molar-refractivity contribution is 0.363. The molecule has 1 aliphatic heterocycles. The van der Waals surface area contributed by atoms with Crippen molar-refractivity contribution >= 4 is 10.2 Å². The third kappa shape index (κ3) is 3.06. The van der Waals surface area contributed by atoms with Gasteiger partial charge in [-0.25, -0.2) is 9.86 Å². The lowest BCUT2D eigenvalue weighted by Gasteiger charge is -2.21. The third-order valence-corrected chi connectivity index (χ3v) is 2.70. The quantitative estimate of drug-likeness (QED) is 0.525. The highest BCUT2D eigenvalue weighted by Crippen LogP contribution is 2.22. The molecule has 0 aromatic heterocycles. The molecule has 1 atom stereocenters. The van der Waals surface area contributed by atoms with Crippen LogP contribution in [-0.4, -0.2) is 28.1 Å². The van der Waals surface area contributed by atoms with E-state index in [2.05, 4.69) is 10.0 Å². The number of nitrogens with one attached hydrogen (secondary N) is 2. The van der Waals surface area contributed by atoms with Crippen LogP contribution in [0.15, 0.2) is 0 Å². The number of hydrogen-bond donors (Lipinski definition) is 3. The Morgan fingerprint density at radius 3 is 2.75 bits per heavy atom. The zero-order chi connectivity index (χ0) is 9.24. The first-order valence-corrected chi connectivity index (χ1v) is 5.44. The summed E-state index contributed by atoms with van der Waals surface area (Å²) < 4.78 is 23.5. The molecule has 4 N–H and O–H groups in total. The molecule has 0 saturated carbocycles. The molecule has 0 aliphatic carbocycles. The van der Waals surface area contributed by atoms with E-state index in [1.807, 2.05) is 6.92 Å². The fourth-order valence-corrected chi connectivity index (χ4v) is 1.84. The highest BCUT2D eigenvalue weighted by atomic mass is 32.2. The lowest BCUT2D eigenvalue weighted by atomic mass is 9.90. The zero-order valence-corrected chi connectivity index (χ0v) is 7.95. The van der Waals surface area contributed by atoms with Crippen molar-refractivity contribution in [1.29, 1.82) is 0 Å². The second kappa shape index (κ2) is 3.29. The molecule has 72 valence electrons. The fourth-order valence-electron chi connectivity index (χ4n) is 1.29. The van der Waals surface area contributed by atoms with Crippen molar-refractivity contribution in [3.8, 4) is 0 Å². The highest BCUT2D eigenvalue weighted by molar-refractivity contribution is 7.87. The summed E-state index contributed by atoms with van der Waals surface area (Å²) in [5, 5.41) is 7.99. The van der Waals surface area contributed by atoms with Gasteiger partial charge in [0.25, 0.3) is 10.2 Å². The average molecular weight is 193 g/mol. The van der Waals surface area contributed by atoms with Crippen molar-refractivity contribution in [2.24, 2.45) is 10.6 Å². The Balaban J connectivity index is 2.41. The van der Waals surface area contributed by atoms with E-state index in [9.17, 15) is 8.42 Å². The molecule has 1 unspecified atom stereocenters. The van der Waals surface area contributed by atoms with E-state index in [-0.39, 0.29) is 5.41 Å². The predicted molar refractivity (Wildman–Crippen MR) is 46.7 cm³/mol. The van der Waals surface area contributed by atoms with Crippen LogP contribution in [0.5, 0.6) is 0 Å². The van der Waals surface area contributed by atoms with Gasteiger partial charge in [0.15, 0.2) is 0 Å². The Morgan fingerprint density at radius 2 is 2.33 bits per heavy atom. The van der Waals surface area contributed by atoms with Crippen LogP contribution in [0.1, 0.15) is 13.3 Å². The van der Waals surface area contributed by atoms with Crippen LogP contribution >= 0.6 is 0 Å². The predicted octanol–water partition coefficient (Wildman–Crippen LogP) is -1.22. The van der Waals surface area contributed by atoms with Gasteiger partial charge in [-0.15, -0.1) is 0 Å². The van der Waals surface area contributed by atoms with E-state index in [4.69, 9.17) is 5.14 Å². The number of hydrogen-bond acceptors (Lipinski definition) is 3. The SMILES string of the molecule is CC1(CNS(N)(=O)=O)CCNC1. The van der Waals surface area contributed by atoms with E-state index in [1.165, 1.54) is 0 Å². The molecule has 1 fully saturated rings. The molecule has 1 aliphatic rings. The molecule has 0 spiro atoms. The Hall–Kier alpha value is -0.170. The fraction of sp³-hybridized carbons (Fsp3) is 1.00. The second-order valence-corrected chi connectivity index (χ2v) is 4.98. The third-order valence-electron chi connectivity index (χ3n) is 2.16. The molecule has 0 amide bonds. The molecule has 12 heavy (non-hydrogen) atoms. The van der Waals surface area contributed by atoms with Crippen molar-refractivity contribution in [3.63, 3.8) is 0 Å². The van der Waals surface area contributed by atoms with Gasteiger partial charge in [-0.2, -0.15) is 8.42 Å². The summed E-state index contributed by atoms with van der Waals surface area (Å²) in [5.41, 5.74) is 0.0203. The lowest BCUT2D eigenvalue weighted by Crippen LogP contribution is -2.40. The average Bonchev–Trinajstić information content (AvgIpc) is 2.32. The summed E-state index contributed by atoms with van der Waals surface area (Å²) in [6.45, 7) is 4.24. The molecular weight excluding hydrogens is 178 g/mol. The molecule has 1 saturated heterocycles. The van der Waals surface area contributed by atoms with Gasteiger partial charge in [0.1, 0.15) is 0 Å². The summed E-state index contributed by atoms with van der Waals surface area (Å²) in [5.74, 6) is 0. The standard InChI is InChI=1S/C6H15N3O2S/c1-6(2-3-8-4-6)5-9-12(7,10)11/h8-9H,2-5H2,1H3,(H2,7,10,11). The van der Waals surface area contributed by atoms with Crippen LogP contribution in [0.4, 0.5) is 0 Å². The van der Waals surface area contributed by atoms with Crippen molar-refractivity contribution in [1.82, 2.24) is 10.0 Å². The Morgan fingerprint density at radius 1 is 1.67 bits per heavy atom. The molecule has 1 rings (SSSR count). The van der Waals surface area contributed by atoms with Crippen LogP contribution in [-0.2, 0) is 10.2 Å². The zero-order valence-electron chi connectivity index (χ0n) is 7.13. The Kier molecular flexibility index (Phi) is 2.72. The van der Waals surface area contributed by atoms with E-state index in [0.717, 1.165) is 19.5 Å². The van der Waals surface area contributed by atoms with Gasteiger partial charge in [0.05, 0.1) is 0 Å². The van der Waals surface area contributed by atoms with E-state index in [0.29, 0.717) is 6.54 Å². The van der Waals surface area contributed by atoms with Gasteiger partial charge in [0, 0.05) is 13.1 Å². The maximum Gasteiger partial charge on any atom is 0.274 e. The minimum Gasteiger partial charge on any atom is -0.316 e. The number of nitrogens with two attached hydrogens (primary N) is 1. The van der Waals surface area contributed by atoms with E-state index in [1.54, 1.807) is 0 Å². The topological polar surface area (TPSA) is 84.2 Å². The van der Waals surface area contributed by atoms with Crippen LogP contribution in [0.3, 0.4) is 0 Å². The molecule has 5 nitrogen and oxygen atoms in total. The molecular formula is C6H15N3O2S. The summed E-state index contributed by atoms with van der Waals surface area (Å²) in [7, 11) is -3.53. The smallest absolute Gasteiger partial charge is 0.274 e. The molecule has 6 heteroatoms. The van der Waals surface area contributed by atoms with Crippen LogP contribution in [0.2, 0.25) is 0 Å². The van der Waals surface area contributed by atoms with Gasteiger partial charge in [0.2, 0.25) is 0 Å². The van der Waals surface area contributed by atoms with Gasteiger partial charge in [-0.1, -0.05) is 6.92 Å². The number of rotatable bonds is 3. The molecule has 0 aromatic carbocycles. The second-order valence-electron chi connectivity index (χ2n) is 3.60. The normalized spacial score (nSPS) is 30.8. The molecule has 1 heterocycles. The summed E-state index contributed by atoms with van der Waals surface area (Å²) >= 11 is 0. The minimum atomic E-state index is -3.53. The van der Waals surface area contributed by atoms with Crippen LogP contribution in [0.25, 0.3) is 0 Å². The van der Waals surface area contributed by atoms with Gasteiger partial charge < -0.3 is 5.32 Å². The largest absolute Gasteiger partial charge is 0.316 e. The van der Waals surface area contributed by atoms with Gasteiger partial charge in [-0.05, 0) is 18.4 Å². The van der Waals surface area contributed by atoms with Gasteiger partial charge in [-0.3, -0.25) is 0 Å². The molecule has 0 radical (unpaired) electrons. The van der Waals surface area contributed by atoms with Crippen molar-refractivity contribution in [3.05, 3.63) is 0 Å². The minimum absolute atomic E-state index is 0.0203. The first-order valence-electron chi connectivity index (χ1n) is 3.89. The van der Waals surface area contributed by atoms with Crippen LogP contribution < -0.4 is 15.2 Å². The Labute approximate surface area is 72.9 Å². The maximum absolute atomic E-state index is 10.6. The van der Waals surface area contributed by atoms with Crippen molar-refractivity contribution in [2.75, 3.05) is 19.6 Å². The van der Waals surface area contributed by atoms with Gasteiger partial charge >= 0.3 is 0 Å². The molecule has 0 aromatic rings. The first-order chi connectivity index (χ1) is 5.41. The highest BCUT2D eigenvalue weighted by Gasteiger charge is 2.29. The summed E-state index contributed by atoms with van der Waals surface area (Å²) in [4.78, 5) is 0. The first kappa shape index (κ1) is 9.91. The van der Waals surface area contributed by atoms with Crippen molar-refractivity contribution in [2.45, 2.75) is 13.3 Å². The molecule has 0 bridgehead atoms. The van der Waals surface area contributed by atoms with Crippen molar-refractivity contribution < 1.29 is 8.42 Å². The monoisotopic (exact) mass is 193 g/mol.